The van der Waals surface area contributed by atoms with Crippen LogP contribution in [-0.4, -0.2) is 14.8 Å². The van der Waals surface area contributed by atoms with E-state index in [2.05, 4.69) is 35.2 Å². The van der Waals surface area contributed by atoms with E-state index >= 15 is 0 Å². The summed E-state index contributed by atoms with van der Waals surface area (Å²) in [5.41, 5.74) is 4.24. The number of benzene rings is 1. The van der Waals surface area contributed by atoms with Crippen molar-refractivity contribution in [2.24, 2.45) is 7.05 Å². The molecule has 0 aliphatic rings. The van der Waals surface area contributed by atoms with Gasteiger partial charge in [0.15, 0.2) is 0 Å². The largest absolute Gasteiger partial charge is 0.267 e. The van der Waals surface area contributed by atoms with Crippen molar-refractivity contribution < 1.29 is 0 Å². The second-order valence-corrected chi connectivity index (χ2v) is 4.21. The molecule has 3 heteroatoms. The fraction of sp³-hybridized carbons (Fsp3) is 0.143. The van der Waals surface area contributed by atoms with Crippen LogP contribution in [0.2, 0.25) is 0 Å². The fourth-order valence-corrected chi connectivity index (χ4v) is 2.07. The van der Waals surface area contributed by atoms with Crippen LogP contribution < -0.4 is 0 Å². The van der Waals surface area contributed by atoms with Gasteiger partial charge in [0.25, 0.3) is 0 Å². The Morgan fingerprint density at radius 1 is 1.12 bits per heavy atom. The summed E-state index contributed by atoms with van der Waals surface area (Å²) in [5, 5.41) is 5.71. The highest BCUT2D eigenvalue weighted by molar-refractivity contribution is 5.92. The average Bonchev–Trinajstić information content (AvgIpc) is 2.67. The second-order valence-electron chi connectivity index (χ2n) is 4.21. The molecule has 0 fully saturated rings. The molecule has 0 aliphatic heterocycles. The number of pyridine rings is 1. The van der Waals surface area contributed by atoms with Crippen LogP contribution in [0.15, 0.2) is 42.6 Å². The Morgan fingerprint density at radius 3 is 2.76 bits per heavy atom. The Labute approximate surface area is 99.7 Å². The predicted molar refractivity (Wildman–Crippen MR) is 68.7 cm³/mol. The summed E-state index contributed by atoms with van der Waals surface area (Å²) in [7, 11) is 1.96. The zero-order valence-electron chi connectivity index (χ0n) is 9.88. The number of rotatable bonds is 1. The fourth-order valence-electron chi connectivity index (χ4n) is 2.07. The highest BCUT2D eigenvalue weighted by Crippen LogP contribution is 2.26. The van der Waals surface area contributed by atoms with Crippen molar-refractivity contribution in [3.63, 3.8) is 0 Å². The van der Waals surface area contributed by atoms with Crippen LogP contribution in [0.5, 0.6) is 0 Å². The maximum atomic E-state index is 4.56. The minimum absolute atomic E-state index is 0.920. The molecule has 3 rings (SSSR count). The first-order valence-corrected chi connectivity index (χ1v) is 5.60. The van der Waals surface area contributed by atoms with Gasteiger partial charge in [0.1, 0.15) is 5.69 Å². The zero-order chi connectivity index (χ0) is 11.8. The van der Waals surface area contributed by atoms with Gasteiger partial charge in [-0.15, -0.1) is 0 Å². The lowest BCUT2D eigenvalue weighted by Crippen LogP contribution is -1.90. The highest BCUT2D eigenvalue weighted by atomic mass is 15.3. The van der Waals surface area contributed by atoms with Gasteiger partial charge in [-0.2, -0.15) is 5.10 Å². The van der Waals surface area contributed by atoms with Crippen LogP contribution in [0, 0.1) is 6.92 Å². The molecule has 0 aliphatic carbocycles. The van der Waals surface area contributed by atoms with Gasteiger partial charge in [0.05, 0.1) is 11.2 Å². The molecule has 17 heavy (non-hydrogen) atoms. The molecule has 84 valence electrons. The van der Waals surface area contributed by atoms with Crippen LogP contribution >= 0.6 is 0 Å². The predicted octanol–water partition coefficient (Wildman–Crippen LogP) is 2.94. The molecule has 3 aromatic rings. The molecule has 0 bridgehead atoms. The Kier molecular flexibility index (Phi) is 2.18. The normalized spacial score (nSPS) is 10.9. The van der Waals surface area contributed by atoms with E-state index in [-0.39, 0.29) is 0 Å². The number of fused-ring (bicyclic) bond motifs is 1. The maximum absolute atomic E-state index is 4.56. The van der Waals surface area contributed by atoms with Crippen molar-refractivity contribution in [1.82, 2.24) is 14.8 Å². The molecule has 0 atom stereocenters. The van der Waals surface area contributed by atoms with E-state index < -0.39 is 0 Å². The van der Waals surface area contributed by atoms with Crippen LogP contribution in [0.3, 0.4) is 0 Å². The van der Waals surface area contributed by atoms with Crippen LogP contribution in [-0.2, 0) is 7.05 Å². The lowest BCUT2D eigenvalue weighted by atomic mass is 10.1. The van der Waals surface area contributed by atoms with Crippen LogP contribution in [0.1, 0.15) is 5.56 Å². The van der Waals surface area contributed by atoms with E-state index in [1.807, 2.05) is 29.9 Å². The van der Waals surface area contributed by atoms with E-state index in [0.29, 0.717) is 0 Å². The van der Waals surface area contributed by atoms with E-state index in [0.717, 1.165) is 22.3 Å². The number of aryl methyl sites for hydroxylation is 2. The van der Waals surface area contributed by atoms with Gasteiger partial charge in [-0.25, -0.2) is 0 Å². The number of nitrogens with zero attached hydrogens (tertiary/aromatic N) is 3. The topological polar surface area (TPSA) is 30.7 Å². The summed E-state index contributed by atoms with van der Waals surface area (Å²) < 4.78 is 1.90. The molecule has 2 aromatic heterocycles. The quantitative estimate of drug-likeness (QED) is 0.635. The zero-order valence-corrected chi connectivity index (χ0v) is 9.88. The molecule has 2 heterocycles. The Hall–Kier alpha value is -2.16. The van der Waals surface area contributed by atoms with E-state index in [4.69, 9.17) is 0 Å². The SMILES string of the molecule is Cc1ccc2c(c1)c(-c1ccccn1)nn2C. The molecule has 0 saturated carbocycles. The lowest BCUT2D eigenvalue weighted by Gasteiger charge is -1.97. The maximum Gasteiger partial charge on any atom is 0.119 e. The van der Waals surface area contributed by atoms with Gasteiger partial charge in [-0.1, -0.05) is 17.7 Å². The molecular formula is C14H13N3. The highest BCUT2D eigenvalue weighted by Gasteiger charge is 2.10. The van der Waals surface area contributed by atoms with Crippen LogP contribution in [0.4, 0.5) is 0 Å². The first-order valence-electron chi connectivity index (χ1n) is 5.60. The van der Waals surface area contributed by atoms with Gasteiger partial charge in [0, 0.05) is 18.6 Å². The minimum atomic E-state index is 0.920. The number of hydrogen-bond donors (Lipinski definition) is 0. The summed E-state index contributed by atoms with van der Waals surface area (Å²) in [6.45, 7) is 2.09. The molecule has 0 amide bonds. The summed E-state index contributed by atoms with van der Waals surface area (Å²) in [4.78, 5) is 4.37. The molecule has 0 radical (unpaired) electrons. The molecular weight excluding hydrogens is 210 g/mol. The molecule has 1 aromatic carbocycles. The summed E-state index contributed by atoms with van der Waals surface area (Å²) in [5.74, 6) is 0. The number of aromatic nitrogens is 3. The monoisotopic (exact) mass is 223 g/mol. The Balaban J connectivity index is 2.34. The first kappa shape index (κ1) is 10.0. The van der Waals surface area contributed by atoms with Gasteiger partial charge in [0.2, 0.25) is 0 Å². The van der Waals surface area contributed by atoms with Gasteiger partial charge >= 0.3 is 0 Å². The number of hydrogen-bond acceptors (Lipinski definition) is 2. The average molecular weight is 223 g/mol. The van der Waals surface area contributed by atoms with Crippen molar-refractivity contribution in [2.75, 3.05) is 0 Å². The third-order valence-corrected chi connectivity index (χ3v) is 2.91. The van der Waals surface area contributed by atoms with E-state index in [1.165, 1.54) is 5.56 Å². The third kappa shape index (κ3) is 1.60. The van der Waals surface area contributed by atoms with E-state index in [9.17, 15) is 0 Å². The van der Waals surface area contributed by atoms with Gasteiger partial charge in [-0.05, 0) is 31.2 Å². The van der Waals surface area contributed by atoms with Crippen molar-refractivity contribution in [2.45, 2.75) is 6.92 Å². The smallest absolute Gasteiger partial charge is 0.119 e. The first-order chi connectivity index (χ1) is 8.25. The van der Waals surface area contributed by atoms with Gasteiger partial charge < -0.3 is 0 Å². The standard InChI is InChI=1S/C14H13N3/c1-10-6-7-13-11(9-10)14(16-17(13)2)12-5-3-4-8-15-12/h3-9H,1-2H3. The van der Waals surface area contributed by atoms with E-state index in [1.54, 1.807) is 6.20 Å². The molecule has 0 spiro atoms. The Morgan fingerprint density at radius 2 is 2.00 bits per heavy atom. The van der Waals surface area contributed by atoms with Crippen molar-refractivity contribution in [3.8, 4) is 11.4 Å². The van der Waals surface area contributed by atoms with Crippen molar-refractivity contribution >= 4 is 10.9 Å². The summed E-state index contributed by atoms with van der Waals surface area (Å²) in [6, 6.07) is 12.3. The molecule has 0 unspecified atom stereocenters. The van der Waals surface area contributed by atoms with Crippen molar-refractivity contribution in [3.05, 3.63) is 48.2 Å². The minimum Gasteiger partial charge on any atom is -0.267 e. The van der Waals surface area contributed by atoms with Gasteiger partial charge in [-0.3, -0.25) is 9.67 Å². The molecule has 3 nitrogen and oxygen atoms in total. The van der Waals surface area contributed by atoms with Crippen molar-refractivity contribution in [1.29, 1.82) is 0 Å². The third-order valence-electron chi connectivity index (χ3n) is 2.91. The molecule has 0 saturated heterocycles. The Bertz CT molecular complexity index is 669. The van der Waals surface area contributed by atoms with Crippen LogP contribution in [0.25, 0.3) is 22.3 Å². The lowest BCUT2D eigenvalue weighted by molar-refractivity contribution is 0.799. The summed E-state index contributed by atoms with van der Waals surface area (Å²) >= 11 is 0. The summed E-state index contributed by atoms with van der Waals surface area (Å²) in [6.07, 6.45) is 1.80. The molecule has 0 N–H and O–H groups in total. The second kappa shape index (κ2) is 3.70.